The van der Waals surface area contributed by atoms with E-state index in [9.17, 15) is 18.4 Å². The number of H-pyrrole nitrogens is 1. The number of nitrogens with one attached hydrogen (secondary N) is 2. The van der Waals surface area contributed by atoms with Gasteiger partial charge in [0.15, 0.2) is 6.61 Å². The van der Waals surface area contributed by atoms with Crippen LogP contribution < -0.4 is 5.32 Å². The first-order chi connectivity index (χ1) is 13.0. The Bertz CT molecular complexity index is 969. The van der Waals surface area contributed by atoms with Crippen molar-refractivity contribution in [3.63, 3.8) is 0 Å². The van der Waals surface area contributed by atoms with Crippen molar-refractivity contribution in [3.8, 4) is 0 Å². The van der Waals surface area contributed by atoms with Crippen LogP contribution in [0.2, 0.25) is 0 Å². The highest BCUT2D eigenvalue weighted by atomic mass is 19.1. The van der Waals surface area contributed by atoms with Crippen LogP contribution in [0.1, 0.15) is 18.4 Å². The van der Waals surface area contributed by atoms with E-state index in [0.717, 1.165) is 34.7 Å². The number of anilines is 1. The molecular weight excluding hydrogens is 354 g/mol. The molecule has 0 atom stereocenters. The normalized spacial score (nSPS) is 10.7. The van der Waals surface area contributed by atoms with Crippen LogP contribution in [0.15, 0.2) is 48.7 Å². The lowest BCUT2D eigenvalue weighted by Gasteiger charge is -2.07. The van der Waals surface area contributed by atoms with Crippen LogP contribution in [-0.4, -0.2) is 23.5 Å². The summed E-state index contributed by atoms with van der Waals surface area (Å²) in [4.78, 5) is 26.6. The van der Waals surface area contributed by atoms with Crippen molar-refractivity contribution in [3.05, 3.63) is 65.9 Å². The van der Waals surface area contributed by atoms with E-state index >= 15 is 0 Å². The van der Waals surface area contributed by atoms with E-state index in [0.29, 0.717) is 12.8 Å². The minimum absolute atomic E-state index is 0.154. The number of esters is 1. The maximum atomic E-state index is 13.4. The Morgan fingerprint density at radius 3 is 2.78 bits per heavy atom. The lowest BCUT2D eigenvalue weighted by atomic mass is 10.1. The number of aromatic amines is 1. The summed E-state index contributed by atoms with van der Waals surface area (Å²) in [6.45, 7) is -0.554. The van der Waals surface area contributed by atoms with E-state index in [1.807, 2.05) is 30.5 Å². The van der Waals surface area contributed by atoms with Gasteiger partial charge < -0.3 is 15.0 Å². The summed E-state index contributed by atoms with van der Waals surface area (Å²) in [6, 6.07) is 10.6. The average molecular weight is 372 g/mol. The van der Waals surface area contributed by atoms with Gasteiger partial charge in [0.05, 0.1) is 5.69 Å². The molecule has 0 saturated heterocycles. The molecule has 0 spiro atoms. The van der Waals surface area contributed by atoms with Crippen molar-refractivity contribution in [1.82, 2.24) is 4.98 Å². The third-order valence-corrected chi connectivity index (χ3v) is 4.07. The summed E-state index contributed by atoms with van der Waals surface area (Å²) in [6.07, 6.45) is 3.33. The fraction of sp³-hybridized carbons (Fsp3) is 0.200. The highest BCUT2D eigenvalue weighted by Gasteiger charge is 2.11. The Morgan fingerprint density at radius 1 is 1.11 bits per heavy atom. The van der Waals surface area contributed by atoms with Crippen LogP contribution in [0.25, 0.3) is 10.9 Å². The van der Waals surface area contributed by atoms with Gasteiger partial charge in [0.1, 0.15) is 11.6 Å². The predicted molar refractivity (Wildman–Crippen MR) is 97.2 cm³/mol. The molecule has 0 saturated carbocycles. The van der Waals surface area contributed by atoms with E-state index in [1.54, 1.807) is 0 Å². The molecule has 27 heavy (non-hydrogen) atoms. The zero-order valence-corrected chi connectivity index (χ0v) is 14.4. The molecule has 1 amide bonds. The van der Waals surface area contributed by atoms with Crippen molar-refractivity contribution >= 4 is 28.5 Å². The summed E-state index contributed by atoms with van der Waals surface area (Å²) in [5.74, 6) is -2.70. The molecule has 2 aromatic carbocycles. The summed E-state index contributed by atoms with van der Waals surface area (Å²) in [5.41, 5.74) is 1.85. The lowest BCUT2D eigenvalue weighted by molar-refractivity contribution is -0.147. The van der Waals surface area contributed by atoms with Crippen LogP contribution >= 0.6 is 0 Å². The molecule has 3 rings (SSSR count). The molecule has 3 aromatic rings. The SMILES string of the molecule is O=C(COC(=O)CCCc1c[nH]c2ccccc12)Nc1cc(F)ccc1F. The number of fused-ring (bicyclic) bond motifs is 1. The Labute approximate surface area is 154 Å². The van der Waals surface area contributed by atoms with Crippen molar-refractivity contribution in [2.45, 2.75) is 19.3 Å². The molecule has 2 N–H and O–H groups in total. The molecular formula is C20H18F2N2O3. The number of carbonyl (C=O) groups is 2. The standard InChI is InChI=1S/C20H18F2N2O3/c21-14-8-9-16(22)18(10-14)24-19(25)12-27-20(26)7-3-4-13-11-23-17-6-2-1-5-15(13)17/h1-2,5-6,8-11,23H,3-4,7,12H2,(H,24,25). The zero-order chi connectivity index (χ0) is 19.2. The number of para-hydroxylation sites is 1. The van der Waals surface area contributed by atoms with Gasteiger partial charge in [0.25, 0.3) is 5.91 Å². The molecule has 0 aliphatic rings. The number of ether oxygens (including phenoxy) is 1. The number of aryl methyl sites for hydroxylation is 1. The van der Waals surface area contributed by atoms with Gasteiger partial charge in [-0.1, -0.05) is 18.2 Å². The summed E-state index contributed by atoms with van der Waals surface area (Å²) >= 11 is 0. The maximum Gasteiger partial charge on any atom is 0.306 e. The van der Waals surface area contributed by atoms with E-state index in [2.05, 4.69) is 10.3 Å². The Hall–Kier alpha value is -3.22. The molecule has 0 fully saturated rings. The molecule has 1 heterocycles. The number of aromatic nitrogens is 1. The van der Waals surface area contributed by atoms with Gasteiger partial charge in [0, 0.05) is 29.6 Å². The van der Waals surface area contributed by atoms with E-state index in [4.69, 9.17) is 4.74 Å². The quantitative estimate of drug-likeness (QED) is 0.617. The van der Waals surface area contributed by atoms with Gasteiger partial charge in [-0.25, -0.2) is 8.78 Å². The number of carbonyl (C=O) groups excluding carboxylic acids is 2. The van der Waals surface area contributed by atoms with Gasteiger partial charge >= 0.3 is 5.97 Å². The summed E-state index contributed by atoms with van der Waals surface area (Å²) in [7, 11) is 0. The molecule has 0 bridgehead atoms. The molecule has 7 heteroatoms. The van der Waals surface area contributed by atoms with Gasteiger partial charge in [-0.3, -0.25) is 9.59 Å². The second-order valence-electron chi connectivity index (χ2n) is 6.05. The van der Waals surface area contributed by atoms with Crippen molar-refractivity contribution in [2.24, 2.45) is 0 Å². The van der Waals surface area contributed by atoms with Gasteiger partial charge in [-0.15, -0.1) is 0 Å². The molecule has 0 aliphatic heterocycles. The number of benzene rings is 2. The Morgan fingerprint density at radius 2 is 1.93 bits per heavy atom. The Kier molecular flexibility index (Phi) is 5.80. The summed E-state index contributed by atoms with van der Waals surface area (Å²) in [5, 5.41) is 3.28. The first kappa shape index (κ1) is 18.6. The molecule has 0 radical (unpaired) electrons. The maximum absolute atomic E-state index is 13.4. The van der Waals surface area contributed by atoms with Crippen LogP contribution in [0.5, 0.6) is 0 Å². The van der Waals surface area contributed by atoms with Crippen molar-refractivity contribution in [2.75, 3.05) is 11.9 Å². The fourth-order valence-electron chi connectivity index (χ4n) is 2.76. The lowest BCUT2D eigenvalue weighted by Crippen LogP contribution is -2.21. The second kappa shape index (κ2) is 8.44. The minimum Gasteiger partial charge on any atom is -0.456 e. The first-order valence-electron chi connectivity index (χ1n) is 8.48. The van der Waals surface area contributed by atoms with Crippen LogP contribution in [-0.2, 0) is 20.7 Å². The third-order valence-electron chi connectivity index (χ3n) is 4.07. The van der Waals surface area contributed by atoms with E-state index < -0.39 is 30.1 Å². The third kappa shape index (κ3) is 4.91. The highest BCUT2D eigenvalue weighted by molar-refractivity contribution is 5.92. The van der Waals surface area contributed by atoms with E-state index in [1.165, 1.54) is 0 Å². The molecule has 0 aliphatic carbocycles. The number of rotatable bonds is 7. The van der Waals surface area contributed by atoms with Crippen LogP contribution in [0, 0.1) is 11.6 Å². The van der Waals surface area contributed by atoms with Crippen molar-refractivity contribution in [1.29, 1.82) is 0 Å². The topological polar surface area (TPSA) is 71.2 Å². The van der Waals surface area contributed by atoms with Crippen LogP contribution in [0.3, 0.4) is 0 Å². The predicted octanol–water partition coefficient (Wildman–Crippen LogP) is 3.95. The van der Waals surface area contributed by atoms with E-state index in [-0.39, 0.29) is 12.1 Å². The number of amides is 1. The molecule has 5 nitrogen and oxygen atoms in total. The van der Waals surface area contributed by atoms with Gasteiger partial charge in [-0.2, -0.15) is 0 Å². The largest absolute Gasteiger partial charge is 0.456 e. The minimum atomic E-state index is -0.769. The molecule has 140 valence electrons. The molecule has 0 unspecified atom stereocenters. The number of halogens is 2. The number of hydrogen-bond acceptors (Lipinski definition) is 3. The summed E-state index contributed by atoms with van der Waals surface area (Å²) < 4.78 is 31.4. The second-order valence-corrected chi connectivity index (χ2v) is 6.05. The molecule has 1 aromatic heterocycles. The van der Waals surface area contributed by atoms with Gasteiger partial charge in [0.2, 0.25) is 0 Å². The zero-order valence-electron chi connectivity index (χ0n) is 14.4. The van der Waals surface area contributed by atoms with Gasteiger partial charge in [-0.05, 0) is 36.6 Å². The first-order valence-corrected chi connectivity index (χ1v) is 8.48. The smallest absolute Gasteiger partial charge is 0.306 e. The number of hydrogen-bond donors (Lipinski definition) is 2. The van der Waals surface area contributed by atoms with Crippen molar-refractivity contribution < 1.29 is 23.1 Å². The average Bonchev–Trinajstić information content (AvgIpc) is 3.06. The highest BCUT2D eigenvalue weighted by Crippen LogP contribution is 2.19. The van der Waals surface area contributed by atoms with Crippen LogP contribution in [0.4, 0.5) is 14.5 Å². The Balaban J connectivity index is 1.41. The monoisotopic (exact) mass is 372 g/mol. The fourth-order valence-corrected chi connectivity index (χ4v) is 2.76.